The number of sulfonamides is 1. The molecule has 1 aromatic heterocycles. The van der Waals surface area contributed by atoms with Crippen molar-refractivity contribution < 1.29 is 8.42 Å². The van der Waals surface area contributed by atoms with Gasteiger partial charge in [-0.1, -0.05) is 13.8 Å². The van der Waals surface area contributed by atoms with E-state index in [1.54, 1.807) is 6.07 Å². The van der Waals surface area contributed by atoms with Crippen molar-refractivity contribution in [2.75, 3.05) is 0 Å². The fraction of sp³-hybridized carbons (Fsp3) is 0.667. The predicted molar refractivity (Wildman–Crippen MR) is 76.4 cm³/mol. The van der Waals surface area contributed by atoms with Crippen molar-refractivity contribution in [1.82, 2.24) is 10.0 Å². The van der Waals surface area contributed by atoms with E-state index in [4.69, 9.17) is 0 Å². The molecule has 6 heteroatoms. The largest absolute Gasteiger partial charge is 0.310 e. The molecule has 1 aromatic rings. The van der Waals surface area contributed by atoms with E-state index >= 15 is 0 Å². The predicted octanol–water partition coefficient (Wildman–Crippen LogP) is 2.32. The quantitative estimate of drug-likeness (QED) is 0.875. The first-order valence-corrected chi connectivity index (χ1v) is 8.26. The molecule has 0 bridgehead atoms. The van der Waals surface area contributed by atoms with Gasteiger partial charge in [0.15, 0.2) is 0 Å². The van der Waals surface area contributed by atoms with Crippen LogP contribution < -0.4 is 10.0 Å². The molecule has 0 atom stereocenters. The number of rotatable bonds is 5. The van der Waals surface area contributed by atoms with Crippen molar-refractivity contribution in [3.05, 3.63) is 17.0 Å². The van der Waals surface area contributed by atoms with Crippen LogP contribution in [-0.2, 0) is 16.6 Å². The SMILES string of the molecule is CC(C)NCc1ccc(S(=O)(=O)NC(C)(C)C)s1. The molecule has 4 nitrogen and oxygen atoms in total. The normalized spacial score (nSPS) is 13.2. The topological polar surface area (TPSA) is 58.2 Å². The summed E-state index contributed by atoms with van der Waals surface area (Å²) in [6, 6.07) is 3.91. The minimum absolute atomic E-state index is 0.373. The molecule has 0 radical (unpaired) electrons. The Morgan fingerprint density at radius 1 is 1.28 bits per heavy atom. The standard InChI is InChI=1S/C12H22N2O2S2/c1-9(2)13-8-10-6-7-11(17-10)18(15,16)14-12(3,4)5/h6-7,9,13-14H,8H2,1-5H3. The lowest BCUT2D eigenvalue weighted by atomic mass is 10.1. The minimum atomic E-state index is -3.39. The van der Waals surface area contributed by atoms with E-state index in [9.17, 15) is 8.42 Å². The van der Waals surface area contributed by atoms with E-state index in [0.29, 0.717) is 16.8 Å². The van der Waals surface area contributed by atoms with Gasteiger partial charge in [0.1, 0.15) is 4.21 Å². The van der Waals surface area contributed by atoms with Crippen LogP contribution in [0.3, 0.4) is 0 Å². The summed E-state index contributed by atoms with van der Waals surface area (Å²) >= 11 is 1.31. The molecule has 0 fully saturated rings. The van der Waals surface area contributed by atoms with Crippen LogP contribution in [0.25, 0.3) is 0 Å². The van der Waals surface area contributed by atoms with Crippen LogP contribution in [0.1, 0.15) is 39.5 Å². The third-order valence-corrected chi connectivity index (χ3v) is 5.36. The van der Waals surface area contributed by atoms with E-state index in [2.05, 4.69) is 23.9 Å². The van der Waals surface area contributed by atoms with E-state index in [-0.39, 0.29) is 0 Å². The summed E-state index contributed by atoms with van der Waals surface area (Å²) in [5.74, 6) is 0. The van der Waals surface area contributed by atoms with Gasteiger partial charge in [-0.25, -0.2) is 13.1 Å². The minimum Gasteiger partial charge on any atom is -0.310 e. The highest BCUT2D eigenvalue weighted by Gasteiger charge is 2.23. The van der Waals surface area contributed by atoms with Crippen molar-refractivity contribution in [2.24, 2.45) is 0 Å². The Morgan fingerprint density at radius 3 is 2.39 bits per heavy atom. The van der Waals surface area contributed by atoms with E-state index < -0.39 is 15.6 Å². The smallest absolute Gasteiger partial charge is 0.250 e. The molecule has 0 unspecified atom stereocenters. The summed E-state index contributed by atoms with van der Waals surface area (Å²) in [5.41, 5.74) is -0.459. The lowest BCUT2D eigenvalue weighted by Crippen LogP contribution is -2.40. The first-order valence-electron chi connectivity index (χ1n) is 5.96. The van der Waals surface area contributed by atoms with Gasteiger partial charge in [-0.2, -0.15) is 0 Å². The van der Waals surface area contributed by atoms with Gasteiger partial charge in [0.2, 0.25) is 0 Å². The summed E-state index contributed by atoms with van der Waals surface area (Å²) in [5, 5.41) is 3.27. The number of thiophene rings is 1. The molecule has 0 amide bonds. The van der Waals surface area contributed by atoms with Crippen molar-refractivity contribution in [3.63, 3.8) is 0 Å². The van der Waals surface area contributed by atoms with Crippen LogP contribution in [0.4, 0.5) is 0 Å². The highest BCUT2D eigenvalue weighted by molar-refractivity contribution is 7.91. The molecule has 1 heterocycles. The van der Waals surface area contributed by atoms with Crippen LogP contribution in [-0.4, -0.2) is 20.0 Å². The third-order valence-electron chi connectivity index (χ3n) is 2.03. The summed E-state index contributed by atoms with van der Waals surface area (Å²) < 4.78 is 27.2. The van der Waals surface area contributed by atoms with Gasteiger partial charge in [-0.05, 0) is 32.9 Å². The molecule has 18 heavy (non-hydrogen) atoms. The van der Waals surface area contributed by atoms with Gasteiger partial charge < -0.3 is 5.32 Å². The monoisotopic (exact) mass is 290 g/mol. The number of hydrogen-bond acceptors (Lipinski definition) is 4. The Hall–Kier alpha value is -0.430. The third kappa shape index (κ3) is 5.06. The van der Waals surface area contributed by atoms with Crippen molar-refractivity contribution in [2.45, 2.75) is 57.0 Å². The molecule has 0 aromatic carbocycles. The first-order chi connectivity index (χ1) is 8.10. The molecular weight excluding hydrogens is 268 g/mol. The van der Waals surface area contributed by atoms with E-state index in [1.807, 2.05) is 26.8 Å². The van der Waals surface area contributed by atoms with Gasteiger partial charge >= 0.3 is 0 Å². The van der Waals surface area contributed by atoms with Crippen LogP contribution in [0.15, 0.2) is 16.3 Å². The highest BCUT2D eigenvalue weighted by atomic mass is 32.2. The summed E-state index contributed by atoms with van der Waals surface area (Å²) in [6.45, 7) is 10.3. The fourth-order valence-corrected chi connectivity index (χ4v) is 4.08. The summed E-state index contributed by atoms with van der Waals surface area (Å²) in [7, 11) is -3.39. The van der Waals surface area contributed by atoms with Gasteiger partial charge in [0, 0.05) is 23.0 Å². The van der Waals surface area contributed by atoms with Gasteiger partial charge in [-0.3, -0.25) is 0 Å². The molecule has 0 saturated carbocycles. The van der Waals surface area contributed by atoms with Crippen molar-refractivity contribution in [1.29, 1.82) is 0 Å². The van der Waals surface area contributed by atoms with Gasteiger partial charge in [-0.15, -0.1) is 11.3 Å². The second kappa shape index (κ2) is 5.69. The van der Waals surface area contributed by atoms with Crippen molar-refractivity contribution in [3.8, 4) is 0 Å². The van der Waals surface area contributed by atoms with Crippen LogP contribution in [0.5, 0.6) is 0 Å². The first kappa shape index (κ1) is 15.6. The van der Waals surface area contributed by atoms with Crippen LogP contribution >= 0.6 is 11.3 Å². The average Bonchev–Trinajstić information content (AvgIpc) is 2.59. The molecule has 2 N–H and O–H groups in total. The Kier molecular flexibility index (Phi) is 4.94. The van der Waals surface area contributed by atoms with E-state index in [1.165, 1.54) is 11.3 Å². The molecule has 104 valence electrons. The molecule has 1 rings (SSSR count). The van der Waals surface area contributed by atoms with Gasteiger partial charge in [0.25, 0.3) is 10.0 Å². The molecule has 0 saturated heterocycles. The maximum absolute atomic E-state index is 12.1. The summed E-state index contributed by atoms with van der Waals surface area (Å²) in [6.07, 6.45) is 0. The molecule has 0 aliphatic heterocycles. The maximum atomic E-state index is 12.1. The second-order valence-corrected chi connectivity index (χ2v) is 8.69. The van der Waals surface area contributed by atoms with Gasteiger partial charge in [0.05, 0.1) is 0 Å². The summed E-state index contributed by atoms with van der Waals surface area (Å²) in [4.78, 5) is 1.03. The lowest BCUT2D eigenvalue weighted by molar-refractivity contribution is 0.492. The van der Waals surface area contributed by atoms with Crippen molar-refractivity contribution >= 4 is 21.4 Å². The number of hydrogen-bond donors (Lipinski definition) is 2. The zero-order valence-corrected chi connectivity index (χ0v) is 13.2. The lowest BCUT2D eigenvalue weighted by Gasteiger charge is -2.19. The van der Waals surface area contributed by atoms with Crippen LogP contribution in [0.2, 0.25) is 0 Å². The zero-order chi connectivity index (χ0) is 14.0. The molecular formula is C12H22N2O2S2. The number of nitrogens with one attached hydrogen (secondary N) is 2. The Labute approximate surface area is 114 Å². The molecule has 0 spiro atoms. The Balaban J connectivity index is 2.79. The maximum Gasteiger partial charge on any atom is 0.250 e. The highest BCUT2D eigenvalue weighted by Crippen LogP contribution is 2.22. The second-order valence-electron chi connectivity index (χ2n) is 5.61. The molecule has 0 aliphatic carbocycles. The van der Waals surface area contributed by atoms with E-state index in [0.717, 1.165) is 4.88 Å². The average molecular weight is 290 g/mol. The zero-order valence-electron chi connectivity index (χ0n) is 11.6. The Bertz CT molecular complexity index is 484. The Morgan fingerprint density at radius 2 is 1.89 bits per heavy atom. The molecule has 0 aliphatic rings. The fourth-order valence-electron chi connectivity index (χ4n) is 1.36. The van der Waals surface area contributed by atoms with Crippen LogP contribution in [0, 0.1) is 0 Å².